The SMILES string of the molecule is CCCC(N)C(=O)N1CC2CCCCN2CC1C. The quantitative estimate of drug-likeness (QED) is 0.822. The molecule has 18 heavy (non-hydrogen) atoms. The van der Waals surface area contributed by atoms with Crippen molar-refractivity contribution in [1.29, 1.82) is 0 Å². The predicted molar refractivity (Wildman–Crippen MR) is 73.3 cm³/mol. The van der Waals surface area contributed by atoms with E-state index in [2.05, 4.69) is 18.7 Å². The second-order valence-electron chi connectivity index (χ2n) is 5.88. The summed E-state index contributed by atoms with van der Waals surface area (Å²) < 4.78 is 0. The molecule has 0 radical (unpaired) electrons. The molecule has 0 spiro atoms. The van der Waals surface area contributed by atoms with Crippen molar-refractivity contribution in [2.24, 2.45) is 5.73 Å². The van der Waals surface area contributed by atoms with Gasteiger partial charge in [0.25, 0.3) is 0 Å². The minimum Gasteiger partial charge on any atom is -0.336 e. The van der Waals surface area contributed by atoms with Crippen LogP contribution in [0.3, 0.4) is 0 Å². The van der Waals surface area contributed by atoms with Crippen LogP contribution in [0.5, 0.6) is 0 Å². The Bertz CT molecular complexity index is 295. The molecule has 2 saturated heterocycles. The molecular weight excluding hydrogens is 226 g/mol. The van der Waals surface area contributed by atoms with Gasteiger partial charge in [0.2, 0.25) is 5.91 Å². The van der Waals surface area contributed by atoms with Crippen molar-refractivity contribution in [3.63, 3.8) is 0 Å². The first-order valence-electron chi connectivity index (χ1n) is 7.43. The van der Waals surface area contributed by atoms with Crippen LogP contribution in [0.1, 0.15) is 46.0 Å². The van der Waals surface area contributed by atoms with Gasteiger partial charge in [-0.3, -0.25) is 9.69 Å². The maximum atomic E-state index is 12.4. The Labute approximate surface area is 110 Å². The number of nitrogens with zero attached hydrogens (tertiary/aromatic N) is 2. The van der Waals surface area contributed by atoms with E-state index in [0.717, 1.165) is 25.9 Å². The van der Waals surface area contributed by atoms with Crippen molar-refractivity contribution in [2.45, 2.75) is 64.1 Å². The van der Waals surface area contributed by atoms with E-state index in [1.807, 2.05) is 4.90 Å². The molecule has 2 aliphatic rings. The number of nitrogens with two attached hydrogens (primary N) is 1. The number of piperazine rings is 1. The van der Waals surface area contributed by atoms with Crippen LogP contribution in [0.2, 0.25) is 0 Å². The van der Waals surface area contributed by atoms with Gasteiger partial charge in [-0.15, -0.1) is 0 Å². The number of hydrogen-bond acceptors (Lipinski definition) is 3. The lowest BCUT2D eigenvalue weighted by molar-refractivity contribution is -0.139. The Morgan fingerprint density at radius 3 is 2.89 bits per heavy atom. The average Bonchev–Trinajstić information content (AvgIpc) is 2.37. The number of piperidine rings is 1. The van der Waals surface area contributed by atoms with Crippen molar-refractivity contribution in [3.05, 3.63) is 0 Å². The molecule has 0 aromatic heterocycles. The summed E-state index contributed by atoms with van der Waals surface area (Å²) in [6.07, 6.45) is 5.63. The highest BCUT2D eigenvalue weighted by Gasteiger charge is 2.36. The van der Waals surface area contributed by atoms with Gasteiger partial charge in [-0.1, -0.05) is 19.8 Å². The molecule has 2 aliphatic heterocycles. The normalized spacial score (nSPS) is 30.9. The van der Waals surface area contributed by atoms with Crippen molar-refractivity contribution in [3.8, 4) is 0 Å². The van der Waals surface area contributed by atoms with E-state index in [4.69, 9.17) is 5.73 Å². The van der Waals surface area contributed by atoms with Crippen LogP contribution >= 0.6 is 0 Å². The topological polar surface area (TPSA) is 49.6 Å². The molecule has 2 heterocycles. The summed E-state index contributed by atoms with van der Waals surface area (Å²) >= 11 is 0. The van der Waals surface area contributed by atoms with E-state index in [-0.39, 0.29) is 11.9 Å². The Morgan fingerprint density at radius 2 is 2.17 bits per heavy atom. The third-order valence-electron chi connectivity index (χ3n) is 4.39. The van der Waals surface area contributed by atoms with Crippen LogP contribution in [-0.4, -0.2) is 53.5 Å². The fraction of sp³-hybridized carbons (Fsp3) is 0.929. The van der Waals surface area contributed by atoms with Crippen LogP contribution in [0.15, 0.2) is 0 Å². The molecule has 0 bridgehead atoms. The molecule has 3 unspecified atom stereocenters. The zero-order valence-corrected chi connectivity index (χ0v) is 11.8. The molecule has 3 atom stereocenters. The standard InChI is InChI=1S/C14H27N3O/c1-3-6-13(15)14(18)17-10-12-7-4-5-8-16(12)9-11(17)2/h11-13H,3-10,15H2,1-2H3. The molecular formula is C14H27N3O. The van der Waals surface area contributed by atoms with Gasteiger partial charge in [-0.25, -0.2) is 0 Å². The summed E-state index contributed by atoms with van der Waals surface area (Å²) in [6, 6.07) is 0.593. The predicted octanol–water partition coefficient (Wildman–Crippen LogP) is 1.20. The molecule has 0 aromatic rings. The minimum atomic E-state index is -0.299. The first-order valence-corrected chi connectivity index (χ1v) is 7.43. The molecule has 104 valence electrons. The first-order chi connectivity index (χ1) is 8.63. The van der Waals surface area contributed by atoms with Crippen molar-refractivity contribution >= 4 is 5.91 Å². The van der Waals surface area contributed by atoms with Crippen molar-refractivity contribution < 1.29 is 4.79 Å². The Kier molecular flexibility index (Phi) is 4.62. The van der Waals surface area contributed by atoms with Crippen LogP contribution < -0.4 is 5.73 Å². The zero-order valence-electron chi connectivity index (χ0n) is 11.8. The molecule has 4 heteroatoms. The van der Waals surface area contributed by atoms with E-state index < -0.39 is 0 Å². The first kappa shape index (κ1) is 13.8. The lowest BCUT2D eigenvalue weighted by Gasteiger charge is -2.48. The van der Waals surface area contributed by atoms with E-state index in [1.54, 1.807) is 0 Å². The number of carbonyl (C=O) groups is 1. The Hall–Kier alpha value is -0.610. The summed E-state index contributed by atoms with van der Waals surface area (Å²) in [7, 11) is 0. The summed E-state index contributed by atoms with van der Waals surface area (Å²) in [5, 5.41) is 0. The lowest BCUT2D eigenvalue weighted by Crippen LogP contribution is -2.62. The van der Waals surface area contributed by atoms with Gasteiger partial charge in [0.05, 0.1) is 6.04 Å². The number of carbonyl (C=O) groups excluding carboxylic acids is 1. The summed E-state index contributed by atoms with van der Waals surface area (Å²) in [6.45, 7) is 7.35. The van der Waals surface area contributed by atoms with Gasteiger partial charge in [0.1, 0.15) is 0 Å². The number of fused-ring (bicyclic) bond motifs is 1. The summed E-state index contributed by atoms with van der Waals surface area (Å²) in [5.41, 5.74) is 5.98. The molecule has 2 rings (SSSR count). The second kappa shape index (κ2) is 6.02. The fourth-order valence-electron chi connectivity index (χ4n) is 3.31. The van der Waals surface area contributed by atoms with Gasteiger partial charge in [0, 0.05) is 25.2 Å². The summed E-state index contributed by atoms with van der Waals surface area (Å²) in [4.78, 5) is 16.9. The average molecular weight is 253 g/mol. The maximum absolute atomic E-state index is 12.4. The minimum absolute atomic E-state index is 0.162. The van der Waals surface area contributed by atoms with Crippen LogP contribution in [0.4, 0.5) is 0 Å². The third-order valence-corrected chi connectivity index (χ3v) is 4.39. The Morgan fingerprint density at radius 1 is 1.39 bits per heavy atom. The van der Waals surface area contributed by atoms with E-state index in [0.29, 0.717) is 12.1 Å². The maximum Gasteiger partial charge on any atom is 0.239 e. The molecule has 2 fully saturated rings. The molecule has 1 amide bonds. The molecule has 2 N–H and O–H groups in total. The van der Waals surface area contributed by atoms with Gasteiger partial charge in [0.15, 0.2) is 0 Å². The fourth-order valence-corrected chi connectivity index (χ4v) is 3.31. The highest BCUT2D eigenvalue weighted by molar-refractivity contribution is 5.82. The van der Waals surface area contributed by atoms with E-state index in [9.17, 15) is 4.79 Å². The van der Waals surface area contributed by atoms with Gasteiger partial charge >= 0.3 is 0 Å². The smallest absolute Gasteiger partial charge is 0.239 e. The molecule has 0 saturated carbocycles. The summed E-state index contributed by atoms with van der Waals surface area (Å²) in [5.74, 6) is 0.162. The molecule has 4 nitrogen and oxygen atoms in total. The monoisotopic (exact) mass is 253 g/mol. The second-order valence-corrected chi connectivity index (χ2v) is 5.88. The van der Waals surface area contributed by atoms with Crippen molar-refractivity contribution in [1.82, 2.24) is 9.80 Å². The third kappa shape index (κ3) is 2.86. The molecule has 0 aromatic carbocycles. The van der Waals surface area contributed by atoms with Gasteiger partial charge < -0.3 is 10.6 Å². The van der Waals surface area contributed by atoms with E-state index >= 15 is 0 Å². The van der Waals surface area contributed by atoms with Gasteiger partial charge in [-0.05, 0) is 32.7 Å². The van der Waals surface area contributed by atoms with Gasteiger partial charge in [-0.2, -0.15) is 0 Å². The Balaban J connectivity index is 1.98. The highest BCUT2D eigenvalue weighted by Crippen LogP contribution is 2.24. The zero-order chi connectivity index (χ0) is 13.1. The van der Waals surface area contributed by atoms with Crippen LogP contribution in [-0.2, 0) is 4.79 Å². The number of hydrogen-bond donors (Lipinski definition) is 1. The largest absolute Gasteiger partial charge is 0.336 e. The highest BCUT2D eigenvalue weighted by atomic mass is 16.2. The van der Waals surface area contributed by atoms with E-state index in [1.165, 1.54) is 25.8 Å². The lowest BCUT2D eigenvalue weighted by atomic mass is 9.96. The molecule has 0 aliphatic carbocycles. The number of amides is 1. The number of rotatable bonds is 3. The van der Waals surface area contributed by atoms with Crippen LogP contribution in [0, 0.1) is 0 Å². The van der Waals surface area contributed by atoms with Crippen molar-refractivity contribution in [2.75, 3.05) is 19.6 Å². The van der Waals surface area contributed by atoms with Crippen LogP contribution in [0.25, 0.3) is 0 Å².